The summed E-state index contributed by atoms with van der Waals surface area (Å²) in [5.41, 5.74) is 3.03. The van der Waals surface area contributed by atoms with E-state index in [4.69, 9.17) is 0 Å². The van der Waals surface area contributed by atoms with Gasteiger partial charge in [0.15, 0.2) is 0 Å². The number of carbonyl (C=O) groups excluding carboxylic acids is 1. The molecule has 3 aromatic rings. The third-order valence-corrected chi connectivity index (χ3v) is 3.81. The van der Waals surface area contributed by atoms with Crippen LogP contribution in [0, 0.1) is 6.92 Å². The summed E-state index contributed by atoms with van der Waals surface area (Å²) in [7, 11) is 0. The molecule has 4 heteroatoms. The molecule has 1 N–H and O–H groups in total. The van der Waals surface area contributed by atoms with Gasteiger partial charge in [-0.2, -0.15) is 5.10 Å². The Morgan fingerprint density at radius 3 is 2.59 bits per heavy atom. The zero-order chi connectivity index (χ0) is 15.5. The number of amides is 1. The van der Waals surface area contributed by atoms with E-state index in [0.29, 0.717) is 0 Å². The van der Waals surface area contributed by atoms with Gasteiger partial charge in [-0.15, -0.1) is 0 Å². The fourth-order valence-electron chi connectivity index (χ4n) is 2.66. The molecule has 2 aromatic carbocycles. The number of hydrogen-bond donors (Lipinski definition) is 1. The first-order chi connectivity index (χ1) is 10.6. The van der Waals surface area contributed by atoms with Crippen LogP contribution in [0.25, 0.3) is 10.9 Å². The summed E-state index contributed by atoms with van der Waals surface area (Å²) in [4.78, 5) is 12.3. The molecule has 0 spiro atoms. The highest BCUT2D eigenvalue weighted by atomic mass is 16.2. The molecule has 1 atom stereocenters. The minimum absolute atomic E-state index is 0.0170. The maximum Gasteiger partial charge on any atom is 0.242 e. The molecule has 1 aromatic heterocycles. The van der Waals surface area contributed by atoms with Crippen LogP contribution in [0.15, 0.2) is 54.6 Å². The van der Waals surface area contributed by atoms with Crippen molar-refractivity contribution in [3.63, 3.8) is 0 Å². The van der Waals surface area contributed by atoms with E-state index in [1.807, 2.05) is 68.4 Å². The second-order valence-electron chi connectivity index (χ2n) is 5.46. The lowest BCUT2D eigenvalue weighted by molar-refractivity contribution is -0.122. The van der Waals surface area contributed by atoms with E-state index in [9.17, 15) is 4.79 Å². The highest BCUT2D eigenvalue weighted by Crippen LogP contribution is 2.17. The third kappa shape index (κ3) is 2.86. The van der Waals surface area contributed by atoms with Crippen molar-refractivity contribution in [1.82, 2.24) is 15.1 Å². The molecule has 0 saturated carbocycles. The second kappa shape index (κ2) is 6.02. The first-order valence-corrected chi connectivity index (χ1v) is 7.41. The van der Waals surface area contributed by atoms with Gasteiger partial charge in [-0.05, 0) is 25.5 Å². The Hall–Kier alpha value is -2.62. The molecule has 22 heavy (non-hydrogen) atoms. The second-order valence-corrected chi connectivity index (χ2v) is 5.46. The first kappa shape index (κ1) is 14.3. The van der Waals surface area contributed by atoms with E-state index in [-0.39, 0.29) is 18.5 Å². The first-order valence-electron chi connectivity index (χ1n) is 7.41. The number of carbonyl (C=O) groups is 1. The molecule has 3 rings (SSSR count). The maximum absolute atomic E-state index is 12.3. The Bertz CT molecular complexity index is 792. The molecule has 0 aliphatic carbocycles. The van der Waals surface area contributed by atoms with Crippen LogP contribution in [0.5, 0.6) is 0 Å². The van der Waals surface area contributed by atoms with Crippen molar-refractivity contribution in [3.8, 4) is 0 Å². The monoisotopic (exact) mass is 293 g/mol. The number of para-hydroxylation sites is 1. The van der Waals surface area contributed by atoms with Crippen molar-refractivity contribution in [2.24, 2.45) is 0 Å². The summed E-state index contributed by atoms with van der Waals surface area (Å²) in [5.74, 6) is -0.0374. The van der Waals surface area contributed by atoms with Crippen molar-refractivity contribution in [1.29, 1.82) is 0 Å². The van der Waals surface area contributed by atoms with Gasteiger partial charge in [0.2, 0.25) is 5.91 Å². The molecule has 0 saturated heterocycles. The molecule has 1 unspecified atom stereocenters. The summed E-state index contributed by atoms with van der Waals surface area (Å²) in [6.45, 7) is 4.18. The maximum atomic E-state index is 12.3. The van der Waals surface area contributed by atoms with Crippen molar-refractivity contribution in [2.75, 3.05) is 0 Å². The summed E-state index contributed by atoms with van der Waals surface area (Å²) < 4.78 is 1.76. The summed E-state index contributed by atoms with van der Waals surface area (Å²) in [6, 6.07) is 17.9. The number of rotatable bonds is 4. The predicted octanol–water partition coefficient (Wildman–Crippen LogP) is 3.22. The average Bonchev–Trinajstić information content (AvgIpc) is 2.85. The van der Waals surface area contributed by atoms with Gasteiger partial charge in [-0.1, -0.05) is 48.5 Å². The fourth-order valence-corrected chi connectivity index (χ4v) is 2.66. The van der Waals surface area contributed by atoms with E-state index in [1.54, 1.807) is 4.68 Å². The van der Waals surface area contributed by atoms with Crippen molar-refractivity contribution < 1.29 is 4.79 Å². The molecule has 0 bridgehead atoms. The average molecular weight is 293 g/mol. The van der Waals surface area contributed by atoms with Crippen LogP contribution in [0.4, 0.5) is 0 Å². The van der Waals surface area contributed by atoms with Crippen LogP contribution >= 0.6 is 0 Å². The number of aryl methyl sites for hydroxylation is 1. The van der Waals surface area contributed by atoms with Crippen molar-refractivity contribution in [2.45, 2.75) is 26.4 Å². The number of nitrogens with one attached hydrogen (secondary N) is 1. The molecule has 1 amide bonds. The summed E-state index contributed by atoms with van der Waals surface area (Å²) >= 11 is 0. The van der Waals surface area contributed by atoms with E-state index in [0.717, 1.165) is 22.2 Å². The van der Waals surface area contributed by atoms with E-state index < -0.39 is 0 Å². The topological polar surface area (TPSA) is 46.9 Å². The predicted molar refractivity (Wildman–Crippen MR) is 87.5 cm³/mol. The molecule has 0 fully saturated rings. The smallest absolute Gasteiger partial charge is 0.242 e. The molecule has 112 valence electrons. The lowest BCUT2D eigenvalue weighted by Crippen LogP contribution is -2.30. The van der Waals surface area contributed by atoms with Gasteiger partial charge in [0, 0.05) is 5.39 Å². The molecule has 0 aliphatic rings. The Labute approximate surface area is 129 Å². The van der Waals surface area contributed by atoms with Gasteiger partial charge >= 0.3 is 0 Å². The standard InChI is InChI=1S/C18H19N3O/c1-13(15-8-4-3-5-9-15)19-18(22)12-21-17-11-7-6-10-16(17)14(2)20-21/h3-11,13H,12H2,1-2H3,(H,19,22). The Kier molecular flexibility index (Phi) is 3.92. The summed E-state index contributed by atoms with van der Waals surface area (Å²) in [5, 5.41) is 8.57. The van der Waals surface area contributed by atoms with Gasteiger partial charge in [-0.25, -0.2) is 0 Å². The van der Waals surface area contributed by atoms with Crippen molar-refractivity contribution in [3.05, 3.63) is 65.9 Å². The lowest BCUT2D eigenvalue weighted by Gasteiger charge is -2.14. The normalized spacial score (nSPS) is 12.3. The Morgan fingerprint density at radius 2 is 1.82 bits per heavy atom. The Balaban J connectivity index is 1.74. The molecule has 4 nitrogen and oxygen atoms in total. The third-order valence-electron chi connectivity index (χ3n) is 3.81. The van der Waals surface area contributed by atoms with E-state index >= 15 is 0 Å². The molecule has 1 heterocycles. The highest BCUT2D eigenvalue weighted by Gasteiger charge is 2.13. The van der Waals surface area contributed by atoms with E-state index in [2.05, 4.69) is 10.4 Å². The van der Waals surface area contributed by atoms with E-state index in [1.165, 1.54) is 0 Å². The fraction of sp³-hybridized carbons (Fsp3) is 0.222. The number of aromatic nitrogens is 2. The number of hydrogen-bond acceptors (Lipinski definition) is 2. The number of benzene rings is 2. The lowest BCUT2D eigenvalue weighted by atomic mass is 10.1. The number of fused-ring (bicyclic) bond motifs is 1. The zero-order valence-corrected chi connectivity index (χ0v) is 12.8. The molecular formula is C18H19N3O. The van der Waals surface area contributed by atoms with Crippen LogP contribution in [-0.4, -0.2) is 15.7 Å². The van der Waals surface area contributed by atoms with Crippen molar-refractivity contribution >= 4 is 16.8 Å². The molecule has 0 radical (unpaired) electrons. The van der Waals surface area contributed by atoms with Crippen LogP contribution in [0.3, 0.4) is 0 Å². The highest BCUT2D eigenvalue weighted by molar-refractivity contribution is 5.84. The quantitative estimate of drug-likeness (QED) is 0.803. The zero-order valence-electron chi connectivity index (χ0n) is 12.8. The number of nitrogens with zero attached hydrogens (tertiary/aromatic N) is 2. The SMILES string of the molecule is Cc1nn(CC(=O)NC(C)c2ccccc2)c2ccccc12. The molecular weight excluding hydrogens is 274 g/mol. The van der Waals surface area contributed by atoms with Gasteiger partial charge in [0.25, 0.3) is 0 Å². The van der Waals surface area contributed by atoms with Crippen LogP contribution in [0.2, 0.25) is 0 Å². The minimum atomic E-state index is -0.0374. The van der Waals surface area contributed by atoms with Crippen LogP contribution < -0.4 is 5.32 Å². The van der Waals surface area contributed by atoms with Gasteiger partial charge in [0.05, 0.1) is 17.3 Å². The van der Waals surface area contributed by atoms with Crippen LogP contribution in [-0.2, 0) is 11.3 Å². The van der Waals surface area contributed by atoms with Gasteiger partial charge in [0.1, 0.15) is 6.54 Å². The van der Waals surface area contributed by atoms with Gasteiger partial charge in [-0.3, -0.25) is 9.48 Å². The van der Waals surface area contributed by atoms with Crippen LogP contribution in [0.1, 0.15) is 24.2 Å². The largest absolute Gasteiger partial charge is 0.348 e. The summed E-state index contributed by atoms with van der Waals surface area (Å²) in [6.07, 6.45) is 0. The minimum Gasteiger partial charge on any atom is -0.348 e. The Morgan fingerprint density at radius 1 is 1.14 bits per heavy atom. The molecule has 0 aliphatic heterocycles. The van der Waals surface area contributed by atoms with Gasteiger partial charge < -0.3 is 5.32 Å².